The number of imide groups is 2. The molecule has 0 aromatic heterocycles. The number of piperidine rings is 1. The zero-order valence-electron chi connectivity index (χ0n) is 24.7. The van der Waals surface area contributed by atoms with E-state index >= 15 is 0 Å². The summed E-state index contributed by atoms with van der Waals surface area (Å²) in [5.41, 5.74) is -0.377. The van der Waals surface area contributed by atoms with E-state index in [9.17, 15) is 28.8 Å². The van der Waals surface area contributed by atoms with E-state index in [2.05, 4.69) is 16.0 Å². The number of carbonyl (C=O) groups is 6. The number of unbranched alkanes of at least 4 members (excludes halogenated alkanes) is 7. The van der Waals surface area contributed by atoms with E-state index in [4.69, 9.17) is 9.47 Å². The van der Waals surface area contributed by atoms with Gasteiger partial charge in [-0.15, -0.1) is 0 Å². The van der Waals surface area contributed by atoms with Gasteiger partial charge in [-0.1, -0.05) is 44.6 Å². The molecule has 2 aliphatic rings. The lowest BCUT2D eigenvalue weighted by Gasteiger charge is -2.27. The largest absolute Gasteiger partial charge is 0.483 e. The lowest BCUT2D eigenvalue weighted by Crippen LogP contribution is -2.54. The Morgan fingerprint density at radius 1 is 0.905 bits per heavy atom. The van der Waals surface area contributed by atoms with Crippen LogP contribution in [0.25, 0.3) is 0 Å². The van der Waals surface area contributed by atoms with Gasteiger partial charge in [0.1, 0.15) is 17.4 Å². The summed E-state index contributed by atoms with van der Waals surface area (Å²) in [5.74, 6) is -2.69. The maximum absolute atomic E-state index is 13.1. The summed E-state index contributed by atoms with van der Waals surface area (Å²) in [4.78, 5) is 74.5. The molecule has 0 spiro atoms. The van der Waals surface area contributed by atoms with Crippen LogP contribution in [0.4, 0.5) is 4.79 Å². The Kier molecular flexibility index (Phi) is 11.9. The first kappa shape index (κ1) is 32.6. The summed E-state index contributed by atoms with van der Waals surface area (Å²) in [6, 6.07) is 3.45. The molecule has 2 aliphatic heterocycles. The van der Waals surface area contributed by atoms with Gasteiger partial charge in [0.05, 0.1) is 11.1 Å². The van der Waals surface area contributed by atoms with Crippen LogP contribution in [0.1, 0.15) is 106 Å². The molecule has 230 valence electrons. The Labute approximate surface area is 246 Å². The van der Waals surface area contributed by atoms with E-state index in [0.29, 0.717) is 13.1 Å². The zero-order chi connectivity index (χ0) is 30.7. The Morgan fingerprint density at radius 2 is 1.52 bits per heavy atom. The highest BCUT2D eigenvalue weighted by Crippen LogP contribution is 2.33. The highest BCUT2D eigenvalue weighted by Gasteiger charge is 2.46. The van der Waals surface area contributed by atoms with E-state index in [1.165, 1.54) is 12.1 Å². The first-order chi connectivity index (χ1) is 20.0. The second kappa shape index (κ2) is 15.3. The molecule has 1 saturated heterocycles. The fraction of sp³-hybridized carbons (Fsp3) is 0.600. The van der Waals surface area contributed by atoms with Gasteiger partial charge in [-0.25, -0.2) is 4.79 Å². The Morgan fingerprint density at radius 3 is 2.14 bits per heavy atom. The molecular weight excluding hydrogens is 544 g/mol. The van der Waals surface area contributed by atoms with Gasteiger partial charge in [0.15, 0.2) is 6.61 Å². The van der Waals surface area contributed by atoms with Crippen molar-refractivity contribution >= 4 is 35.6 Å². The third kappa shape index (κ3) is 9.56. The van der Waals surface area contributed by atoms with Crippen LogP contribution in [0.5, 0.6) is 5.75 Å². The number of amides is 6. The first-order valence-electron chi connectivity index (χ1n) is 14.7. The molecule has 2 heterocycles. The summed E-state index contributed by atoms with van der Waals surface area (Å²) in [5, 5.41) is 7.73. The highest BCUT2D eigenvalue weighted by molar-refractivity contribution is 6.24. The number of ether oxygens (including phenoxy) is 2. The summed E-state index contributed by atoms with van der Waals surface area (Å²) >= 11 is 0. The van der Waals surface area contributed by atoms with E-state index in [-0.39, 0.29) is 48.3 Å². The van der Waals surface area contributed by atoms with Crippen LogP contribution < -0.4 is 20.7 Å². The predicted molar refractivity (Wildman–Crippen MR) is 153 cm³/mol. The van der Waals surface area contributed by atoms with Crippen molar-refractivity contribution in [2.24, 2.45) is 0 Å². The van der Waals surface area contributed by atoms with Crippen molar-refractivity contribution in [2.45, 2.75) is 96.6 Å². The predicted octanol–water partition coefficient (Wildman–Crippen LogP) is 3.23. The van der Waals surface area contributed by atoms with Gasteiger partial charge in [-0.2, -0.15) is 0 Å². The van der Waals surface area contributed by atoms with Gasteiger partial charge in [0, 0.05) is 19.5 Å². The molecule has 42 heavy (non-hydrogen) atoms. The molecule has 3 rings (SSSR count). The highest BCUT2D eigenvalue weighted by atomic mass is 16.6. The van der Waals surface area contributed by atoms with Gasteiger partial charge in [-0.05, 0) is 52.2 Å². The van der Waals surface area contributed by atoms with Crippen LogP contribution in [0.2, 0.25) is 0 Å². The Balaban J connectivity index is 1.27. The molecule has 12 heteroatoms. The van der Waals surface area contributed by atoms with Crippen LogP contribution in [0.3, 0.4) is 0 Å². The van der Waals surface area contributed by atoms with E-state index in [1.807, 2.05) is 20.8 Å². The third-order valence-corrected chi connectivity index (χ3v) is 6.88. The average Bonchev–Trinajstić information content (AvgIpc) is 3.17. The molecule has 1 aromatic rings. The number of hydrogen-bond acceptors (Lipinski definition) is 8. The van der Waals surface area contributed by atoms with Gasteiger partial charge >= 0.3 is 6.09 Å². The second-order valence-electron chi connectivity index (χ2n) is 11.5. The second-order valence-corrected chi connectivity index (χ2v) is 11.5. The third-order valence-electron chi connectivity index (χ3n) is 6.88. The molecule has 6 amide bonds. The van der Waals surface area contributed by atoms with Gasteiger partial charge in [0.2, 0.25) is 11.8 Å². The van der Waals surface area contributed by atoms with Crippen molar-refractivity contribution < 1.29 is 38.2 Å². The number of rotatable bonds is 15. The number of hydrogen-bond donors (Lipinski definition) is 3. The van der Waals surface area contributed by atoms with Gasteiger partial charge in [0.25, 0.3) is 17.7 Å². The number of nitrogens with zero attached hydrogens (tertiary/aromatic N) is 1. The van der Waals surface area contributed by atoms with Crippen molar-refractivity contribution in [2.75, 3.05) is 19.7 Å². The summed E-state index contributed by atoms with van der Waals surface area (Å²) in [6.45, 7) is 6.30. The minimum atomic E-state index is -1.07. The van der Waals surface area contributed by atoms with E-state index < -0.39 is 35.3 Å². The average molecular weight is 587 g/mol. The van der Waals surface area contributed by atoms with Crippen LogP contribution in [-0.4, -0.2) is 71.9 Å². The first-order valence-corrected chi connectivity index (χ1v) is 14.7. The summed E-state index contributed by atoms with van der Waals surface area (Å²) < 4.78 is 10.8. The van der Waals surface area contributed by atoms with Crippen LogP contribution >= 0.6 is 0 Å². The van der Waals surface area contributed by atoms with Crippen molar-refractivity contribution in [3.63, 3.8) is 0 Å². The lowest BCUT2D eigenvalue weighted by atomic mass is 10.0. The molecular formula is C30H42N4O8. The molecule has 0 radical (unpaired) electrons. The summed E-state index contributed by atoms with van der Waals surface area (Å²) in [7, 11) is 0. The lowest BCUT2D eigenvalue weighted by molar-refractivity contribution is -0.136. The maximum atomic E-state index is 13.1. The molecule has 0 aliphatic carbocycles. The monoisotopic (exact) mass is 586 g/mol. The fourth-order valence-electron chi connectivity index (χ4n) is 4.84. The van der Waals surface area contributed by atoms with Crippen molar-refractivity contribution in [3.8, 4) is 5.75 Å². The minimum absolute atomic E-state index is 0.0132. The quantitative estimate of drug-likeness (QED) is 0.209. The topological polar surface area (TPSA) is 160 Å². The van der Waals surface area contributed by atoms with Gasteiger partial charge < -0.3 is 20.1 Å². The molecule has 1 atom stereocenters. The number of carbonyl (C=O) groups excluding carboxylic acids is 6. The van der Waals surface area contributed by atoms with Crippen LogP contribution in [0.15, 0.2) is 18.2 Å². The van der Waals surface area contributed by atoms with Crippen molar-refractivity contribution in [3.05, 3.63) is 29.3 Å². The number of nitrogens with one attached hydrogen (secondary N) is 3. The molecule has 0 bridgehead atoms. The smallest absolute Gasteiger partial charge is 0.407 e. The van der Waals surface area contributed by atoms with E-state index in [0.717, 1.165) is 56.3 Å². The molecule has 1 aromatic carbocycles. The van der Waals surface area contributed by atoms with Crippen LogP contribution in [0, 0.1) is 0 Å². The maximum Gasteiger partial charge on any atom is 0.407 e. The molecule has 0 saturated carbocycles. The molecule has 12 nitrogen and oxygen atoms in total. The zero-order valence-corrected chi connectivity index (χ0v) is 24.7. The molecule has 1 unspecified atom stereocenters. The Bertz CT molecular complexity index is 1180. The minimum Gasteiger partial charge on any atom is -0.483 e. The van der Waals surface area contributed by atoms with Crippen molar-refractivity contribution in [1.82, 2.24) is 20.9 Å². The summed E-state index contributed by atoms with van der Waals surface area (Å²) in [6.07, 6.45) is 7.90. The van der Waals surface area contributed by atoms with Crippen molar-refractivity contribution in [1.29, 1.82) is 0 Å². The number of fused-ring (bicyclic) bond motifs is 1. The number of alkyl carbamates (subject to hydrolysis) is 1. The number of benzene rings is 1. The fourth-order valence-corrected chi connectivity index (χ4v) is 4.84. The molecule has 1 fully saturated rings. The standard InChI is InChI=1S/C30H42N4O8/c1-30(2,3)42-29(40)32-18-11-9-7-5-4-6-8-10-17-31-24(36)19-41-22-14-12-13-20-25(22)28(39)34(27(20)38)21-15-16-23(35)33-26(21)37/h12-14,21H,4-11,15-19H2,1-3H3,(H,31,36)(H,32,40)(H,33,35,37). The Hall–Kier alpha value is -3.96. The van der Waals surface area contributed by atoms with Gasteiger partial charge in [-0.3, -0.25) is 34.2 Å². The normalized spacial score (nSPS) is 16.6. The molecule has 3 N–H and O–H groups in total. The SMILES string of the molecule is CC(C)(C)OC(=O)NCCCCCCCCCCNC(=O)COc1cccc2c1C(=O)N(C1CCC(=O)NC1=O)C2=O. The van der Waals surface area contributed by atoms with Crippen LogP contribution in [-0.2, 0) is 19.1 Å². The van der Waals surface area contributed by atoms with E-state index in [1.54, 1.807) is 6.07 Å².